The summed E-state index contributed by atoms with van der Waals surface area (Å²) >= 11 is 0. The summed E-state index contributed by atoms with van der Waals surface area (Å²) in [5, 5.41) is 9.71. The van der Waals surface area contributed by atoms with Gasteiger partial charge < -0.3 is 20.3 Å². The van der Waals surface area contributed by atoms with Gasteiger partial charge in [0.25, 0.3) is 0 Å². The molecule has 1 aliphatic heterocycles. The molecule has 2 aliphatic rings. The van der Waals surface area contributed by atoms with Crippen LogP contribution >= 0.6 is 0 Å². The first-order valence-corrected chi connectivity index (χ1v) is 11.2. The molecule has 154 valence electrons. The minimum atomic E-state index is -3.50. The monoisotopic (exact) mass is 411 g/mol. The predicted molar refractivity (Wildman–Crippen MR) is 101 cm³/mol. The van der Waals surface area contributed by atoms with E-state index in [0.29, 0.717) is 11.2 Å². The van der Waals surface area contributed by atoms with Gasteiger partial charge in [0.05, 0.1) is 12.4 Å². The normalized spacial score (nSPS) is 29.0. The average Bonchev–Trinajstić information content (AvgIpc) is 3.35. The van der Waals surface area contributed by atoms with Crippen molar-refractivity contribution in [1.29, 1.82) is 0 Å². The number of aliphatic hydroxyl groups is 1. The Bertz CT molecular complexity index is 972. The molecular weight excluding hydrogens is 386 g/mol. The van der Waals surface area contributed by atoms with Crippen molar-refractivity contribution in [2.24, 2.45) is 0 Å². The van der Waals surface area contributed by atoms with E-state index in [1.807, 2.05) is 0 Å². The summed E-state index contributed by atoms with van der Waals surface area (Å²) < 4.78 is 37.9. The highest BCUT2D eigenvalue weighted by molar-refractivity contribution is 7.92. The molecule has 0 amide bonds. The van der Waals surface area contributed by atoms with Gasteiger partial charge in [-0.05, 0) is 32.6 Å². The Morgan fingerprint density at radius 1 is 1.36 bits per heavy atom. The molecular formula is C17H25N5O5S. The third kappa shape index (κ3) is 3.20. The summed E-state index contributed by atoms with van der Waals surface area (Å²) in [6, 6.07) is 0.150. The Balaban J connectivity index is 1.70. The van der Waals surface area contributed by atoms with Gasteiger partial charge in [0.1, 0.15) is 17.5 Å². The van der Waals surface area contributed by atoms with Crippen molar-refractivity contribution in [3.8, 4) is 6.01 Å². The number of hydrogen-bond acceptors (Lipinski definition) is 9. The van der Waals surface area contributed by atoms with Crippen LogP contribution < -0.4 is 10.5 Å². The maximum absolute atomic E-state index is 12.4. The zero-order valence-electron chi connectivity index (χ0n) is 15.9. The fraction of sp³-hybridized carbons (Fsp3) is 0.706. The first-order valence-electron chi connectivity index (χ1n) is 9.53. The maximum atomic E-state index is 12.4. The number of ether oxygens (including phenoxy) is 2. The summed E-state index contributed by atoms with van der Waals surface area (Å²) in [6.07, 6.45) is 2.71. The molecule has 2 aromatic heterocycles. The molecule has 10 nitrogen and oxygen atoms in total. The zero-order chi connectivity index (χ0) is 20.1. The molecule has 1 saturated heterocycles. The molecule has 11 heteroatoms. The van der Waals surface area contributed by atoms with Crippen LogP contribution in [0.5, 0.6) is 6.01 Å². The van der Waals surface area contributed by atoms with Gasteiger partial charge >= 0.3 is 6.01 Å². The lowest BCUT2D eigenvalue weighted by Crippen LogP contribution is -2.39. The van der Waals surface area contributed by atoms with Crippen LogP contribution in [0.25, 0.3) is 11.2 Å². The van der Waals surface area contributed by atoms with Crippen molar-refractivity contribution in [3.05, 3.63) is 6.33 Å². The molecule has 0 radical (unpaired) electrons. The van der Waals surface area contributed by atoms with Crippen LogP contribution in [0.1, 0.15) is 45.8 Å². The smallest absolute Gasteiger partial charge is 0.320 e. The van der Waals surface area contributed by atoms with Crippen LogP contribution in [0.2, 0.25) is 0 Å². The Morgan fingerprint density at radius 3 is 2.75 bits per heavy atom. The zero-order valence-corrected chi connectivity index (χ0v) is 16.7. The first kappa shape index (κ1) is 19.3. The number of nitrogen functional groups attached to an aromatic ring is 1. The molecule has 2 aromatic rings. The Kier molecular flexibility index (Phi) is 4.92. The third-order valence-electron chi connectivity index (χ3n) is 5.54. The molecule has 0 bridgehead atoms. The van der Waals surface area contributed by atoms with Crippen molar-refractivity contribution < 1.29 is 23.0 Å². The van der Waals surface area contributed by atoms with E-state index in [9.17, 15) is 13.5 Å². The lowest BCUT2D eigenvalue weighted by molar-refractivity contribution is -0.0298. The number of imidazole rings is 1. The van der Waals surface area contributed by atoms with Gasteiger partial charge in [0, 0.05) is 5.75 Å². The van der Waals surface area contributed by atoms with Crippen molar-refractivity contribution in [3.63, 3.8) is 0 Å². The molecule has 4 rings (SSSR count). The first-order chi connectivity index (χ1) is 13.3. The predicted octanol–water partition coefficient (Wildman–Crippen LogP) is 0.811. The van der Waals surface area contributed by atoms with Gasteiger partial charge in [-0.1, -0.05) is 6.92 Å². The molecule has 1 saturated carbocycles. The van der Waals surface area contributed by atoms with Crippen molar-refractivity contribution >= 4 is 26.8 Å². The molecule has 0 aromatic carbocycles. The molecule has 3 heterocycles. The molecule has 3 N–H and O–H groups in total. The highest BCUT2D eigenvalue weighted by Crippen LogP contribution is 2.36. The number of nitrogens with two attached hydrogens (primary N) is 1. The molecule has 4 atom stereocenters. The number of aromatic nitrogens is 4. The second kappa shape index (κ2) is 7.12. The SMILES string of the molecule is CCS(=O)(=O)[C@H]1[C@H](O)[C@H](n2cnc3c(N)nc(OC4CCCC4)nc32)O[C@H]1C. The second-order valence-corrected chi connectivity index (χ2v) is 9.83. The lowest BCUT2D eigenvalue weighted by atomic mass is 10.2. The van der Waals surface area contributed by atoms with Crippen LogP contribution in [0.4, 0.5) is 5.82 Å². The largest absolute Gasteiger partial charge is 0.460 e. The van der Waals surface area contributed by atoms with E-state index in [1.54, 1.807) is 13.8 Å². The molecule has 2 fully saturated rings. The van der Waals surface area contributed by atoms with Crippen LogP contribution in [-0.2, 0) is 14.6 Å². The van der Waals surface area contributed by atoms with Crippen LogP contribution in [0, 0.1) is 0 Å². The molecule has 28 heavy (non-hydrogen) atoms. The van der Waals surface area contributed by atoms with Crippen LogP contribution in [-0.4, -0.2) is 62.4 Å². The fourth-order valence-corrected chi connectivity index (χ4v) is 5.65. The van der Waals surface area contributed by atoms with E-state index in [-0.39, 0.29) is 23.7 Å². The van der Waals surface area contributed by atoms with E-state index in [0.717, 1.165) is 25.7 Å². The maximum Gasteiger partial charge on any atom is 0.320 e. The Labute approximate surface area is 163 Å². The number of fused-ring (bicyclic) bond motifs is 1. The van der Waals surface area contributed by atoms with E-state index in [2.05, 4.69) is 15.0 Å². The van der Waals surface area contributed by atoms with E-state index >= 15 is 0 Å². The minimum absolute atomic E-state index is 0.0562. The highest BCUT2D eigenvalue weighted by Gasteiger charge is 2.49. The number of hydrogen-bond donors (Lipinski definition) is 2. The lowest BCUT2D eigenvalue weighted by Gasteiger charge is -2.19. The number of rotatable bonds is 5. The summed E-state index contributed by atoms with van der Waals surface area (Å²) in [6.45, 7) is 3.19. The fourth-order valence-electron chi connectivity index (χ4n) is 4.06. The Morgan fingerprint density at radius 2 is 2.07 bits per heavy atom. The van der Waals surface area contributed by atoms with Gasteiger partial charge in [0.15, 0.2) is 33.0 Å². The highest BCUT2D eigenvalue weighted by atomic mass is 32.2. The standard InChI is InChI=1S/C17H25N5O5S/c1-3-28(24,25)13-9(2)26-16(12(13)23)22-8-19-11-14(18)20-17(21-15(11)22)27-10-6-4-5-7-10/h8-10,12-13,16,23H,3-7H2,1-2H3,(H2,18,20,21)/t9-,12-,13+,16+/m0/s1. The average molecular weight is 411 g/mol. The number of sulfone groups is 1. The molecule has 0 spiro atoms. The number of aliphatic hydroxyl groups excluding tert-OH is 1. The topological polar surface area (TPSA) is 142 Å². The van der Waals surface area contributed by atoms with Gasteiger partial charge in [0.2, 0.25) is 0 Å². The van der Waals surface area contributed by atoms with Crippen LogP contribution in [0.3, 0.4) is 0 Å². The summed E-state index contributed by atoms with van der Waals surface area (Å²) in [7, 11) is -3.50. The van der Waals surface area contributed by atoms with Gasteiger partial charge in [-0.25, -0.2) is 13.4 Å². The van der Waals surface area contributed by atoms with Crippen molar-refractivity contribution in [2.45, 2.75) is 69.3 Å². The third-order valence-corrected chi connectivity index (χ3v) is 7.84. The quantitative estimate of drug-likeness (QED) is 0.730. The summed E-state index contributed by atoms with van der Waals surface area (Å²) in [5.74, 6) is 0.0870. The van der Waals surface area contributed by atoms with Gasteiger partial charge in [-0.2, -0.15) is 9.97 Å². The van der Waals surface area contributed by atoms with E-state index in [1.165, 1.54) is 10.9 Å². The molecule has 1 aliphatic carbocycles. The van der Waals surface area contributed by atoms with E-state index in [4.69, 9.17) is 15.2 Å². The molecule has 0 unspecified atom stereocenters. The number of nitrogens with zero attached hydrogens (tertiary/aromatic N) is 4. The summed E-state index contributed by atoms with van der Waals surface area (Å²) in [4.78, 5) is 12.8. The van der Waals surface area contributed by atoms with E-state index < -0.39 is 33.5 Å². The second-order valence-electron chi connectivity index (χ2n) is 7.38. The minimum Gasteiger partial charge on any atom is -0.460 e. The Hall–Kier alpha value is -1.98. The van der Waals surface area contributed by atoms with Crippen molar-refractivity contribution in [2.75, 3.05) is 11.5 Å². The van der Waals surface area contributed by atoms with Gasteiger partial charge in [-0.15, -0.1) is 0 Å². The summed E-state index contributed by atoms with van der Waals surface area (Å²) in [5.41, 5.74) is 6.71. The van der Waals surface area contributed by atoms with Crippen LogP contribution in [0.15, 0.2) is 6.33 Å². The van der Waals surface area contributed by atoms with Gasteiger partial charge in [-0.3, -0.25) is 4.57 Å². The number of anilines is 1. The van der Waals surface area contributed by atoms with Crippen molar-refractivity contribution in [1.82, 2.24) is 19.5 Å².